The summed E-state index contributed by atoms with van der Waals surface area (Å²) in [4.78, 5) is 38.8. The van der Waals surface area contributed by atoms with Crippen LogP contribution in [0.25, 0.3) is 0 Å². The highest BCUT2D eigenvalue weighted by molar-refractivity contribution is 6.53. The molecule has 4 rings (SSSR count). The fourth-order valence-corrected chi connectivity index (χ4v) is 3.56. The highest BCUT2D eigenvalue weighted by Gasteiger charge is 2.39. The van der Waals surface area contributed by atoms with E-state index in [1.807, 2.05) is 0 Å². The van der Waals surface area contributed by atoms with Gasteiger partial charge in [-0.1, -0.05) is 41.4 Å². The van der Waals surface area contributed by atoms with Crippen LogP contribution in [0.2, 0.25) is 5.02 Å². The first-order chi connectivity index (χ1) is 15.8. The molecule has 0 saturated carbocycles. The molecule has 1 heterocycles. The van der Waals surface area contributed by atoms with E-state index in [9.17, 15) is 18.8 Å². The number of nitrogens with zero attached hydrogens (tertiary/aromatic N) is 1. The molecule has 1 aliphatic rings. The predicted molar refractivity (Wildman–Crippen MR) is 126 cm³/mol. The van der Waals surface area contributed by atoms with E-state index >= 15 is 0 Å². The Hall–Kier alpha value is -3.68. The molecule has 0 spiro atoms. The van der Waals surface area contributed by atoms with Crippen LogP contribution < -0.4 is 15.5 Å². The van der Waals surface area contributed by atoms with E-state index in [1.165, 1.54) is 48.5 Å². The van der Waals surface area contributed by atoms with Gasteiger partial charge in [-0.25, -0.2) is 9.29 Å². The molecule has 6 nitrogen and oxygen atoms in total. The topological polar surface area (TPSA) is 78.5 Å². The summed E-state index contributed by atoms with van der Waals surface area (Å²) in [5.74, 6) is -2.36. The lowest BCUT2D eigenvalue weighted by atomic mass is 10.2. The van der Waals surface area contributed by atoms with Gasteiger partial charge in [0, 0.05) is 16.3 Å². The minimum atomic E-state index is -0.676. The molecule has 3 aromatic carbocycles. The zero-order chi connectivity index (χ0) is 23.7. The third kappa shape index (κ3) is 4.46. The Morgan fingerprint density at radius 1 is 0.939 bits per heavy atom. The van der Waals surface area contributed by atoms with Gasteiger partial charge in [-0.3, -0.25) is 14.4 Å². The number of amides is 3. The summed E-state index contributed by atoms with van der Waals surface area (Å²) in [6.07, 6.45) is 0. The summed E-state index contributed by atoms with van der Waals surface area (Å²) < 4.78 is 13.7. The largest absolute Gasteiger partial charge is 0.350 e. The van der Waals surface area contributed by atoms with Gasteiger partial charge < -0.3 is 10.6 Å². The lowest BCUT2D eigenvalue weighted by molar-refractivity contribution is -0.120. The Kier molecular flexibility index (Phi) is 6.18. The predicted octanol–water partition coefficient (Wildman–Crippen LogP) is 5.48. The maximum absolute atomic E-state index is 13.7. The molecule has 166 valence electrons. The number of para-hydroxylation sites is 1. The van der Waals surface area contributed by atoms with Gasteiger partial charge in [-0.05, 0) is 61.0 Å². The summed E-state index contributed by atoms with van der Waals surface area (Å²) >= 11 is 12.3. The van der Waals surface area contributed by atoms with Crippen molar-refractivity contribution in [3.8, 4) is 0 Å². The van der Waals surface area contributed by atoms with Crippen LogP contribution in [-0.4, -0.2) is 17.7 Å². The maximum Gasteiger partial charge on any atom is 0.283 e. The van der Waals surface area contributed by atoms with Crippen molar-refractivity contribution in [2.75, 3.05) is 15.5 Å². The van der Waals surface area contributed by atoms with Crippen molar-refractivity contribution in [2.45, 2.75) is 6.92 Å². The van der Waals surface area contributed by atoms with E-state index < -0.39 is 23.5 Å². The average Bonchev–Trinajstić information content (AvgIpc) is 3.01. The Morgan fingerprint density at radius 3 is 2.30 bits per heavy atom. The lowest BCUT2D eigenvalue weighted by Crippen LogP contribution is -2.32. The molecule has 0 radical (unpaired) electrons. The normalized spacial score (nSPS) is 13.5. The molecule has 0 atom stereocenters. The average molecular weight is 484 g/mol. The van der Waals surface area contributed by atoms with Gasteiger partial charge >= 0.3 is 0 Å². The third-order valence-electron chi connectivity index (χ3n) is 4.98. The van der Waals surface area contributed by atoms with Gasteiger partial charge in [0.1, 0.15) is 16.5 Å². The number of halogens is 3. The van der Waals surface area contributed by atoms with Crippen LogP contribution >= 0.6 is 23.2 Å². The van der Waals surface area contributed by atoms with Crippen molar-refractivity contribution in [1.82, 2.24) is 0 Å². The van der Waals surface area contributed by atoms with Gasteiger partial charge in [0.15, 0.2) is 0 Å². The van der Waals surface area contributed by atoms with Crippen molar-refractivity contribution >= 4 is 58.0 Å². The van der Waals surface area contributed by atoms with Crippen molar-refractivity contribution in [2.24, 2.45) is 0 Å². The summed E-state index contributed by atoms with van der Waals surface area (Å²) in [7, 11) is 0. The van der Waals surface area contributed by atoms with Crippen LogP contribution in [0.4, 0.5) is 21.5 Å². The highest BCUT2D eigenvalue weighted by Crippen LogP contribution is 2.32. The summed E-state index contributed by atoms with van der Waals surface area (Å²) in [6.45, 7) is 1.80. The minimum Gasteiger partial charge on any atom is -0.350 e. The Morgan fingerprint density at radius 2 is 1.64 bits per heavy atom. The minimum absolute atomic E-state index is 0.0630. The summed E-state index contributed by atoms with van der Waals surface area (Å²) in [5.41, 5.74) is 1.77. The second-order valence-corrected chi connectivity index (χ2v) is 7.99. The number of imide groups is 1. The molecular formula is C24H16Cl2FN3O3. The molecular weight excluding hydrogens is 468 g/mol. The molecule has 3 aromatic rings. The second kappa shape index (κ2) is 9.05. The number of hydrogen-bond acceptors (Lipinski definition) is 4. The highest BCUT2D eigenvalue weighted by atomic mass is 35.5. The smallest absolute Gasteiger partial charge is 0.283 e. The van der Waals surface area contributed by atoms with Crippen LogP contribution in [0.15, 0.2) is 77.5 Å². The monoisotopic (exact) mass is 483 g/mol. The first-order valence-corrected chi connectivity index (χ1v) is 10.5. The van der Waals surface area contributed by atoms with Crippen molar-refractivity contribution in [1.29, 1.82) is 0 Å². The molecule has 0 fully saturated rings. The van der Waals surface area contributed by atoms with Crippen molar-refractivity contribution < 1.29 is 18.8 Å². The van der Waals surface area contributed by atoms with Crippen LogP contribution in [0.3, 0.4) is 0 Å². The van der Waals surface area contributed by atoms with Crippen LogP contribution in [0, 0.1) is 12.7 Å². The molecule has 0 saturated heterocycles. The van der Waals surface area contributed by atoms with E-state index in [-0.39, 0.29) is 22.0 Å². The number of hydrogen-bond donors (Lipinski definition) is 2. The number of rotatable bonds is 5. The number of aryl methyl sites for hydroxylation is 1. The zero-order valence-corrected chi connectivity index (χ0v) is 18.7. The summed E-state index contributed by atoms with van der Waals surface area (Å²) in [5, 5.41) is 5.47. The number of nitrogens with one attached hydrogen (secondary N) is 2. The molecule has 33 heavy (non-hydrogen) atoms. The molecule has 1 aliphatic heterocycles. The molecule has 3 amide bonds. The van der Waals surface area contributed by atoms with Crippen molar-refractivity contribution in [3.05, 3.63) is 99.4 Å². The van der Waals surface area contributed by atoms with E-state index in [4.69, 9.17) is 23.2 Å². The van der Waals surface area contributed by atoms with E-state index in [1.54, 1.807) is 25.1 Å². The maximum atomic E-state index is 13.7. The first-order valence-electron chi connectivity index (χ1n) is 9.74. The van der Waals surface area contributed by atoms with Gasteiger partial charge in [0.05, 0.1) is 11.4 Å². The molecule has 0 bridgehead atoms. The Bertz CT molecular complexity index is 1320. The first kappa shape index (κ1) is 22.5. The number of carbonyl (C=O) groups excluding carboxylic acids is 3. The van der Waals surface area contributed by atoms with Crippen LogP contribution in [-0.2, 0) is 9.59 Å². The quantitative estimate of drug-likeness (QED) is 0.471. The second-order valence-electron chi connectivity index (χ2n) is 7.20. The van der Waals surface area contributed by atoms with E-state index in [0.29, 0.717) is 16.4 Å². The fourth-order valence-electron chi connectivity index (χ4n) is 3.17. The zero-order valence-electron chi connectivity index (χ0n) is 17.2. The standard InChI is InChI=1S/C24H16Cl2FN3O3/c1-13-6-11-16(12-17(13)25)30-23(32)20(26)21(24(30)33)28-15-9-7-14(8-10-15)22(31)29-19-5-3-2-4-18(19)27/h2-12,28H,1H3,(H,29,31). The lowest BCUT2D eigenvalue weighted by Gasteiger charge is -2.16. The number of anilines is 3. The Balaban J connectivity index is 1.50. The number of benzene rings is 3. The van der Waals surface area contributed by atoms with Crippen LogP contribution in [0.5, 0.6) is 0 Å². The van der Waals surface area contributed by atoms with Gasteiger partial charge in [0.2, 0.25) is 0 Å². The molecule has 9 heteroatoms. The van der Waals surface area contributed by atoms with E-state index in [2.05, 4.69) is 10.6 Å². The number of carbonyl (C=O) groups is 3. The summed E-state index contributed by atoms with van der Waals surface area (Å²) in [6, 6.07) is 16.7. The van der Waals surface area contributed by atoms with Gasteiger partial charge in [0.25, 0.3) is 17.7 Å². The Labute approximate surface area is 198 Å². The van der Waals surface area contributed by atoms with Crippen molar-refractivity contribution in [3.63, 3.8) is 0 Å². The molecule has 0 unspecified atom stereocenters. The molecule has 0 aliphatic carbocycles. The fraction of sp³-hybridized carbons (Fsp3) is 0.0417. The van der Waals surface area contributed by atoms with Crippen LogP contribution in [0.1, 0.15) is 15.9 Å². The SMILES string of the molecule is Cc1ccc(N2C(=O)C(Cl)=C(Nc3ccc(C(=O)Nc4ccccc4F)cc3)C2=O)cc1Cl. The third-order valence-corrected chi connectivity index (χ3v) is 5.74. The molecule has 0 aromatic heterocycles. The van der Waals surface area contributed by atoms with E-state index in [0.717, 1.165) is 10.5 Å². The molecule has 2 N–H and O–H groups in total. The van der Waals surface area contributed by atoms with Gasteiger partial charge in [-0.2, -0.15) is 0 Å². The van der Waals surface area contributed by atoms with Gasteiger partial charge in [-0.15, -0.1) is 0 Å².